The van der Waals surface area contributed by atoms with Crippen LogP contribution >= 0.6 is 0 Å². The summed E-state index contributed by atoms with van der Waals surface area (Å²) in [6.07, 6.45) is 6.41. The van der Waals surface area contributed by atoms with Crippen LogP contribution in [0.25, 0.3) is 0 Å². The minimum absolute atomic E-state index is 0.0207. The molecule has 1 unspecified atom stereocenters. The number of aryl methyl sites for hydroxylation is 1. The van der Waals surface area contributed by atoms with E-state index in [1.807, 2.05) is 27.7 Å². The smallest absolute Gasteiger partial charge is 0.239 e. The quantitative estimate of drug-likeness (QED) is 0.813. The van der Waals surface area contributed by atoms with Crippen LogP contribution in [-0.2, 0) is 22.6 Å². The molecule has 130 valence electrons. The van der Waals surface area contributed by atoms with E-state index >= 15 is 0 Å². The van der Waals surface area contributed by atoms with E-state index in [4.69, 9.17) is 4.74 Å². The number of carbonyl (C=O) groups is 1. The van der Waals surface area contributed by atoms with Crippen molar-refractivity contribution in [3.63, 3.8) is 0 Å². The van der Waals surface area contributed by atoms with Crippen molar-refractivity contribution in [3.8, 4) is 0 Å². The van der Waals surface area contributed by atoms with E-state index in [1.165, 1.54) is 0 Å². The lowest BCUT2D eigenvalue weighted by molar-refractivity contribution is -0.119. The van der Waals surface area contributed by atoms with Gasteiger partial charge in [0.1, 0.15) is 5.82 Å². The molecule has 0 spiro atoms. The third-order valence-corrected chi connectivity index (χ3v) is 3.96. The normalized spacial score (nSPS) is 18.6. The van der Waals surface area contributed by atoms with Crippen LogP contribution < -0.4 is 5.32 Å². The average molecular weight is 332 g/mol. The molecular weight excluding hydrogens is 308 g/mol. The Morgan fingerprint density at radius 1 is 1.42 bits per heavy atom. The number of nitrogens with one attached hydrogen (secondary N) is 1. The molecule has 1 N–H and O–H groups in total. The van der Waals surface area contributed by atoms with Crippen molar-refractivity contribution in [1.82, 2.24) is 24.5 Å². The topological polar surface area (TPSA) is 77.2 Å². The second kappa shape index (κ2) is 8.07. The molecule has 1 amide bonds. The van der Waals surface area contributed by atoms with Crippen molar-refractivity contribution in [2.75, 3.05) is 31.6 Å². The number of amides is 1. The van der Waals surface area contributed by atoms with Gasteiger partial charge in [-0.3, -0.25) is 14.4 Å². The lowest BCUT2D eigenvalue weighted by Crippen LogP contribution is -2.47. The first-order chi connectivity index (χ1) is 11.7. The number of nitrogens with zero attached hydrogens (tertiary/aromatic N) is 5. The number of carbonyl (C=O) groups excluding carboxylic acids is 1. The van der Waals surface area contributed by atoms with E-state index in [1.54, 1.807) is 12.4 Å². The van der Waals surface area contributed by atoms with Gasteiger partial charge in [0.25, 0.3) is 0 Å². The predicted octanol–water partition coefficient (Wildman–Crippen LogP) is 0.829. The molecule has 0 aliphatic carbocycles. The average Bonchev–Trinajstić information content (AvgIpc) is 3.21. The maximum atomic E-state index is 12.3. The summed E-state index contributed by atoms with van der Waals surface area (Å²) in [6, 6.07) is 3.72. The third kappa shape index (κ3) is 4.42. The number of hydrogen-bond acceptors (Lipinski definition) is 5. The molecule has 3 rings (SSSR count). The van der Waals surface area contributed by atoms with Gasteiger partial charge in [0, 0.05) is 38.1 Å². The van der Waals surface area contributed by atoms with Crippen LogP contribution in [0.2, 0.25) is 0 Å². The van der Waals surface area contributed by atoms with Crippen molar-refractivity contribution in [1.29, 1.82) is 0 Å². The molecule has 1 aliphatic rings. The van der Waals surface area contributed by atoms with E-state index in [9.17, 15) is 4.79 Å². The van der Waals surface area contributed by atoms with Crippen molar-refractivity contribution in [2.24, 2.45) is 0 Å². The van der Waals surface area contributed by atoms with Gasteiger partial charge >= 0.3 is 0 Å². The van der Waals surface area contributed by atoms with Crippen LogP contribution in [0.5, 0.6) is 0 Å². The Morgan fingerprint density at radius 3 is 3.12 bits per heavy atom. The molecule has 0 saturated carbocycles. The Kier molecular flexibility index (Phi) is 5.60. The molecule has 8 nitrogen and oxygen atoms in total. The minimum atomic E-state index is -0.0207. The van der Waals surface area contributed by atoms with Crippen LogP contribution in [0, 0.1) is 0 Å². The number of rotatable bonds is 7. The van der Waals surface area contributed by atoms with Gasteiger partial charge in [-0.1, -0.05) is 6.92 Å². The molecule has 1 atom stereocenters. The first kappa shape index (κ1) is 16.7. The first-order valence-electron chi connectivity index (χ1n) is 8.37. The van der Waals surface area contributed by atoms with Crippen molar-refractivity contribution in [2.45, 2.75) is 32.5 Å². The summed E-state index contributed by atoms with van der Waals surface area (Å²) in [6.45, 7) is 6.06. The van der Waals surface area contributed by atoms with Crippen molar-refractivity contribution < 1.29 is 9.53 Å². The number of anilines is 1. The summed E-state index contributed by atoms with van der Waals surface area (Å²) in [4.78, 5) is 14.4. The molecule has 0 aromatic carbocycles. The van der Waals surface area contributed by atoms with Gasteiger partial charge in [0.15, 0.2) is 0 Å². The van der Waals surface area contributed by atoms with Gasteiger partial charge in [-0.15, -0.1) is 0 Å². The molecule has 0 bridgehead atoms. The Balaban J connectivity index is 1.49. The first-order valence-corrected chi connectivity index (χ1v) is 8.37. The summed E-state index contributed by atoms with van der Waals surface area (Å²) < 4.78 is 9.45. The fraction of sp³-hybridized carbons (Fsp3) is 0.562. The molecule has 1 aliphatic heterocycles. The standard InChI is InChI=1S/C16H24N6O2/c1-2-7-22-15(4-6-18-22)19-16(23)13-20-9-10-24-14(11-20)12-21-8-3-5-17-21/h3-6,8,14H,2,7,9-13H2,1H3,(H,19,23). The van der Waals surface area contributed by atoms with Crippen molar-refractivity contribution >= 4 is 11.7 Å². The largest absolute Gasteiger partial charge is 0.374 e. The van der Waals surface area contributed by atoms with Gasteiger partial charge < -0.3 is 10.1 Å². The van der Waals surface area contributed by atoms with E-state index in [2.05, 4.69) is 27.3 Å². The summed E-state index contributed by atoms with van der Waals surface area (Å²) in [5.74, 6) is 0.732. The number of morpholine rings is 1. The van der Waals surface area contributed by atoms with Crippen LogP contribution in [0.3, 0.4) is 0 Å². The summed E-state index contributed by atoms with van der Waals surface area (Å²) >= 11 is 0. The zero-order valence-corrected chi connectivity index (χ0v) is 14.0. The number of hydrogen-bond donors (Lipinski definition) is 1. The van der Waals surface area contributed by atoms with Crippen LogP contribution in [0.15, 0.2) is 30.7 Å². The Morgan fingerprint density at radius 2 is 2.33 bits per heavy atom. The molecule has 2 aromatic heterocycles. The fourth-order valence-electron chi connectivity index (χ4n) is 2.87. The highest BCUT2D eigenvalue weighted by Crippen LogP contribution is 2.10. The van der Waals surface area contributed by atoms with Crippen LogP contribution in [-0.4, -0.2) is 62.7 Å². The van der Waals surface area contributed by atoms with Gasteiger partial charge in [0.05, 0.1) is 32.0 Å². The zero-order valence-electron chi connectivity index (χ0n) is 14.0. The molecule has 3 heterocycles. The SMILES string of the molecule is CCCn1nccc1NC(=O)CN1CCOC(Cn2cccn2)C1. The maximum Gasteiger partial charge on any atom is 0.239 e. The van der Waals surface area contributed by atoms with Crippen LogP contribution in [0.4, 0.5) is 5.82 Å². The molecular formula is C16H24N6O2. The summed E-state index contributed by atoms with van der Waals surface area (Å²) in [5.41, 5.74) is 0. The highest BCUT2D eigenvalue weighted by Gasteiger charge is 2.23. The number of ether oxygens (including phenoxy) is 1. The third-order valence-electron chi connectivity index (χ3n) is 3.96. The Labute approximate surface area is 141 Å². The lowest BCUT2D eigenvalue weighted by Gasteiger charge is -2.32. The van der Waals surface area contributed by atoms with Crippen molar-refractivity contribution in [3.05, 3.63) is 30.7 Å². The van der Waals surface area contributed by atoms with E-state index < -0.39 is 0 Å². The molecule has 1 saturated heterocycles. The Bertz CT molecular complexity index is 639. The molecule has 0 radical (unpaired) electrons. The van der Waals surface area contributed by atoms with Crippen LogP contribution in [0.1, 0.15) is 13.3 Å². The molecule has 1 fully saturated rings. The van der Waals surface area contributed by atoms with E-state index in [0.29, 0.717) is 19.7 Å². The molecule has 2 aromatic rings. The highest BCUT2D eigenvalue weighted by atomic mass is 16.5. The van der Waals surface area contributed by atoms with Gasteiger partial charge in [-0.05, 0) is 12.5 Å². The van der Waals surface area contributed by atoms with E-state index in [-0.39, 0.29) is 12.0 Å². The summed E-state index contributed by atoms with van der Waals surface area (Å²) in [7, 11) is 0. The predicted molar refractivity (Wildman–Crippen MR) is 89.6 cm³/mol. The maximum absolute atomic E-state index is 12.3. The summed E-state index contributed by atoms with van der Waals surface area (Å²) in [5, 5.41) is 11.4. The van der Waals surface area contributed by atoms with Gasteiger partial charge in [-0.25, -0.2) is 4.68 Å². The zero-order chi connectivity index (χ0) is 16.8. The minimum Gasteiger partial charge on any atom is -0.374 e. The second-order valence-corrected chi connectivity index (χ2v) is 5.94. The van der Waals surface area contributed by atoms with Gasteiger partial charge in [0.2, 0.25) is 5.91 Å². The highest BCUT2D eigenvalue weighted by molar-refractivity contribution is 5.91. The van der Waals surface area contributed by atoms with E-state index in [0.717, 1.165) is 31.9 Å². The lowest BCUT2D eigenvalue weighted by atomic mass is 10.2. The molecule has 24 heavy (non-hydrogen) atoms. The monoisotopic (exact) mass is 332 g/mol. The Hall–Kier alpha value is -2.19. The molecule has 8 heteroatoms. The van der Waals surface area contributed by atoms with Gasteiger partial charge in [-0.2, -0.15) is 10.2 Å². The fourth-order valence-corrected chi connectivity index (χ4v) is 2.87. The number of aromatic nitrogens is 4. The second-order valence-electron chi connectivity index (χ2n) is 5.94.